The van der Waals surface area contributed by atoms with Gasteiger partial charge in [-0.2, -0.15) is 0 Å². The Bertz CT molecular complexity index is 151. The van der Waals surface area contributed by atoms with E-state index < -0.39 is 0 Å². The van der Waals surface area contributed by atoms with E-state index in [0.717, 1.165) is 32.7 Å². The number of likely N-dealkylation sites (N-methyl/N-ethyl adjacent to an activating group) is 1. The summed E-state index contributed by atoms with van der Waals surface area (Å²) in [5.74, 6) is 0. The highest BCUT2D eigenvalue weighted by Gasteiger charge is 2.19. The molecule has 0 spiro atoms. The van der Waals surface area contributed by atoms with Gasteiger partial charge in [-0.25, -0.2) is 0 Å². The van der Waals surface area contributed by atoms with E-state index in [2.05, 4.69) is 17.1 Å². The monoisotopic (exact) mass is 202 g/mol. The van der Waals surface area contributed by atoms with Crippen LogP contribution in [0.15, 0.2) is 0 Å². The third kappa shape index (κ3) is 3.53. The Kier molecular flexibility index (Phi) is 5.40. The van der Waals surface area contributed by atoms with Crippen LogP contribution in [-0.4, -0.2) is 62.0 Å². The van der Waals surface area contributed by atoms with Crippen LogP contribution in [0, 0.1) is 0 Å². The Hall–Kier alpha value is -0.160. The Labute approximate surface area is 86.2 Å². The maximum absolute atomic E-state index is 9.02. The third-order valence-corrected chi connectivity index (χ3v) is 2.90. The van der Waals surface area contributed by atoms with Crippen LogP contribution in [0.5, 0.6) is 0 Å². The summed E-state index contributed by atoms with van der Waals surface area (Å²) in [6.07, 6.45) is 0.997. The molecule has 2 atom stereocenters. The molecule has 4 nitrogen and oxygen atoms in total. The largest absolute Gasteiger partial charge is 0.395 e. The molecule has 0 aromatic heterocycles. The molecule has 0 aromatic carbocycles. The van der Waals surface area contributed by atoms with Crippen molar-refractivity contribution in [1.29, 1.82) is 0 Å². The topological polar surface area (TPSA) is 44.7 Å². The molecule has 4 heteroatoms. The number of aliphatic hydroxyl groups excluding tert-OH is 1. The molecule has 0 bridgehead atoms. The minimum absolute atomic E-state index is 0.217. The summed E-state index contributed by atoms with van der Waals surface area (Å²) < 4.78 is 5.36. The lowest BCUT2D eigenvalue weighted by molar-refractivity contribution is -0.00241. The normalized spacial score (nSPS) is 26.4. The highest BCUT2D eigenvalue weighted by molar-refractivity contribution is 4.73. The lowest BCUT2D eigenvalue weighted by Crippen LogP contribution is -2.45. The van der Waals surface area contributed by atoms with Crippen LogP contribution in [0.2, 0.25) is 0 Å². The summed E-state index contributed by atoms with van der Waals surface area (Å²) in [5.41, 5.74) is 0. The quantitative estimate of drug-likeness (QED) is 0.641. The molecular formula is C10H22N2O2. The number of ether oxygens (including phenoxy) is 1. The number of nitrogens with zero attached hydrogens (tertiary/aromatic N) is 1. The Morgan fingerprint density at radius 2 is 2.43 bits per heavy atom. The number of hydrogen-bond donors (Lipinski definition) is 2. The van der Waals surface area contributed by atoms with Gasteiger partial charge in [0.15, 0.2) is 0 Å². The van der Waals surface area contributed by atoms with Gasteiger partial charge >= 0.3 is 0 Å². The zero-order valence-electron chi connectivity index (χ0n) is 9.20. The molecule has 2 unspecified atom stereocenters. The van der Waals surface area contributed by atoms with Crippen LogP contribution in [0.3, 0.4) is 0 Å². The van der Waals surface area contributed by atoms with E-state index in [4.69, 9.17) is 9.84 Å². The van der Waals surface area contributed by atoms with Crippen molar-refractivity contribution in [2.45, 2.75) is 25.4 Å². The Morgan fingerprint density at radius 1 is 1.64 bits per heavy atom. The van der Waals surface area contributed by atoms with Gasteiger partial charge in [0.05, 0.1) is 19.8 Å². The second-order valence-corrected chi connectivity index (χ2v) is 3.92. The first kappa shape index (κ1) is 11.9. The van der Waals surface area contributed by atoms with Gasteiger partial charge in [0.25, 0.3) is 0 Å². The van der Waals surface area contributed by atoms with Crippen LogP contribution in [0.4, 0.5) is 0 Å². The number of aliphatic hydroxyl groups is 1. The molecule has 1 aliphatic rings. The van der Waals surface area contributed by atoms with Crippen molar-refractivity contribution in [1.82, 2.24) is 10.2 Å². The van der Waals surface area contributed by atoms with E-state index in [1.807, 2.05) is 7.05 Å². The van der Waals surface area contributed by atoms with E-state index >= 15 is 0 Å². The van der Waals surface area contributed by atoms with Gasteiger partial charge in [-0.3, -0.25) is 4.90 Å². The second kappa shape index (κ2) is 6.35. The SMILES string of the molecule is CNC(CO)CCN1CCOCC1C. The van der Waals surface area contributed by atoms with Crippen molar-refractivity contribution < 1.29 is 9.84 Å². The van der Waals surface area contributed by atoms with Crippen molar-refractivity contribution >= 4 is 0 Å². The second-order valence-electron chi connectivity index (χ2n) is 3.92. The smallest absolute Gasteiger partial charge is 0.0619 e. The minimum atomic E-state index is 0.217. The average Bonchev–Trinajstić information content (AvgIpc) is 2.22. The third-order valence-electron chi connectivity index (χ3n) is 2.90. The maximum Gasteiger partial charge on any atom is 0.0619 e. The Morgan fingerprint density at radius 3 is 3.00 bits per heavy atom. The fraction of sp³-hybridized carbons (Fsp3) is 1.00. The van der Waals surface area contributed by atoms with Gasteiger partial charge in [0.2, 0.25) is 0 Å². The number of hydrogen-bond acceptors (Lipinski definition) is 4. The zero-order valence-corrected chi connectivity index (χ0v) is 9.20. The van der Waals surface area contributed by atoms with Gasteiger partial charge < -0.3 is 15.2 Å². The van der Waals surface area contributed by atoms with Crippen LogP contribution >= 0.6 is 0 Å². The first-order valence-corrected chi connectivity index (χ1v) is 5.38. The standard InChI is InChI=1S/C10H22N2O2/c1-9-8-14-6-5-12(9)4-3-10(7-13)11-2/h9-11,13H,3-8H2,1-2H3. The highest BCUT2D eigenvalue weighted by atomic mass is 16.5. The van der Waals surface area contributed by atoms with Crippen molar-refractivity contribution in [2.24, 2.45) is 0 Å². The molecule has 0 aliphatic carbocycles. The first-order valence-electron chi connectivity index (χ1n) is 5.38. The molecule has 0 amide bonds. The van der Waals surface area contributed by atoms with Crippen molar-refractivity contribution in [3.8, 4) is 0 Å². The average molecular weight is 202 g/mol. The summed E-state index contributed by atoms with van der Waals surface area (Å²) in [6.45, 7) is 6.14. The van der Waals surface area contributed by atoms with Crippen molar-refractivity contribution in [3.63, 3.8) is 0 Å². The predicted molar refractivity (Wildman–Crippen MR) is 56.4 cm³/mol. The summed E-state index contributed by atoms with van der Waals surface area (Å²) >= 11 is 0. The van der Waals surface area contributed by atoms with Gasteiger partial charge in [-0.1, -0.05) is 0 Å². The van der Waals surface area contributed by atoms with E-state index in [0.29, 0.717) is 6.04 Å². The zero-order chi connectivity index (χ0) is 10.4. The molecule has 2 N–H and O–H groups in total. The summed E-state index contributed by atoms with van der Waals surface area (Å²) in [6, 6.07) is 0.741. The van der Waals surface area contributed by atoms with Gasteiger partial charge in [0, 0.05) is 25.2 Å². The van der Waals surface area contributed by atoms with E-state index in [-0.39, 0.29) is 12.6 Å². The molecule has 0 saturated carbocycles. The van der Waals surface area contributed by atoms with Crippen LogP contribution in [0.1, 0.15) is 13.3 Å². The van der Waals surface area contributed by atoms with E-state index in [1.165, 1.54) is 0 Å². The number of morpholine rings is 1. The highest BCUT2D eigenvalue weighted by Crippen LogP contribution is 2.07. The van der Waals surface area contributed by atoms with Crippen LogP contribution in [-0.2, 0) is 4.74 Å². The fourth-order valence-electron chi connectivity index (χ4n) is 1.74. The lowest BCUT2D eigenvalue weighted by Gasteiger charge is -2.33. The molecule has 1 rings (SSSR count). The maximum atomic E-state index is 9.02. The van der Waals surface area contributed by atoms with Gasteiger partial charge in [-0.15, -0.1) is 0 Å². The summed E-state index contributed by atoms with van der Waals surface area (Å²) in [4.78, 5) is 2.42. The minimum Gasteiger partial charge on any atom is -0.395 e. The molecular weight excluding hydrogens is 180 g/mol. The van der Waals surface area contributed by atoms with Gasteiger partial charge in [0.1, 0.15) is 0 Å². The van der Waals surface area contributed by atoms with Crippen LogP contribution in [0.25, 0.3) is 0 Å². The molecule has 1 heterocycles. The molecule has 84 valence electrons. The predicted octanol–water partition coefficient (Wildman–Crippen LogP) is -0.322. The van der Waals surface area contributed by atoms with Crippen LogP contribution < -0.4 is 5.32 Å². The molecule has 1 fully saturated rings. The number of nitrogens with one attached hydrogen (secondary N) is 1. The van der Waals surface area contributed by atoms with Crippen molar-refractivity contribution in [3.05, 3.63) is 0 Å². The Balaban J connectivity index is 2.21. The first-order chi connectivity index (χ1) is 6.77. The number of rotatable bonds is 5. The molecule has 0 radical (unpaired) electrons. The van der Waals surface area contributed by atoms with Crippen molar-refractivity contribution in [2.75, 3.05) is 40.0 Å². The summed E-state index contributed by atoms with van der Waals surface area (Å²) in [7, 11) is 1.89. The van der Waals surface area contributed by atoms with Gasteiger partial charge in [-0.05, 0) is 20.4 Å². The summed E-state index contributed by atoms with van der Waals surface area (Å²) in [5, 5.41) is 12.1. The van der Waals surface area contributed by atoms with E-state index in [1.54, 1.807) is 0 Å². The molecule has 0 aromatic rings. The molecule has 14 heavy (non-hydrogen) atoms. The molecule has 1 aliphatic heterocycles. The molecule has 1 saturated heterocycles. The van der Waals surface area contributed by atoms with E-state index in [9.17, 15) is 0 Å². The fourth-order valence-corrected chi connectivity index (χ4v) is 1.74. The lowest BCUT2D eigenvalue weighted by atomic mass is 10.2.